The Morgan fingerprint density at radius 2 is 1.88 bits per heavy atom. The Labute approximate surface area is 98.7 Å². The molecular weight excluding hydrogens is 198 g/mol. The fourth-order valence-corrected chi connectivity index (χ4v) is 1.92. The summed E-state index contributed by atoms with van der Waals surface area (Å²) in [6.07, 6.45) is 9.14. The van der Waals surface area contributed by atoms with Crippen LogP contribution in [0.5, 0.6) is 0 Å². The van der Waals surface area contributed by atoms with Gasteiger partial charge >= 0.3 is 0 Å². The van der Waals surface area contributed by atoms with Gasteiger partial charge in [0, 0.05) is 18.3 Å². The van der Waals surface area contributed by atoms with Crippen molar-refractivity contribution < 1.29 is 5.11 Å². The predicted molar refractivity (Wildman–Crippen MR) is 67.4 cm³/mol. The molecule has 0 aliphatic carbocycles. The first-order chi connectivity index (χ1) is 7.75. The van der Waals surface area contributed by atoms with E-state index in [0.717, 1.165) is 12.8 Å². The molecule has 0 bridgehead atoms. The highest BCUT2D eigenvalue weighted by molar-refractivity contribution is 5.16. The third-order valence-electron chi connectivity index (χ3n) is 3.16. The summed E-state index contributed by atoms with van der Waals surface area (Å²) in [7, 11) is 0. The topological polar surface area (TPSA) is 33.1 Å². The van der Waals surface area contributed by atoms with Gasteiger partial charge < -0.3 is 5.11 Å². The number of hydrogen-bond acceptors (Lipinski definition) is 2. The maximum Gasteiger partial charge on any atom is 0.0606 e. The van der Waals surface area contributed by atoms with Crippen molar-refractivity contribution in [3.05, 3.63) is 30.1 Å². The van der Waals surface area contributed by atoms with Gasteiger partial charge in [-0.05, 0) is 24.1 Å². The molecule has 90 valence electrons. The second-order valence-electron chi connectivity index (χ2n) is 4.49. The highest BCUT2D eigenvalue weighted by atomic mass is 16.3. The Balaban J connectivity index is 2.33. The van der Waals surface area contributed by atoms with Crippen LogP contribution in [-0.2, 0) is 0 Å². The van der Waals surface area contributed by atoms with E-state index in [0.29, 0.717) is 0 Å². The zero-order chi connectivity index (χ0) is 11.8. The van der Waals surface area contributed by atoms with E-state index in [1.165, 1.54) is 24.8 Å². The number of hydrogen-bond donors (Lipinski definition) is 1. The molecule has 2 heteroatoms. The third-order valence-corrected chi connectivity index (χ3v) is 3.16. The van der Waals surface area contributed by atoms with Gasteiger partial charge in [0.1, 0.15) is 0 Å². The van der Waals surface area contributed by atoms with Gasteiger partial charge in [0.05, 0.1) is 6.10 Å². The number of nitrogens with zero attached hydrogens (tertiary/aromatic N) is 1. The molecule has 2 atom stereocenters. The maximum absolute atomic E-state index is 10.1. The minimum absolute atomic E-state index is 0.213. The molecule has 1 aromatic heterocycles. The van der Waals surface area contributed by atoms with Crippen molar-refractivity contribution >= 4 is 0 Å². The summed E-state index contributed by atoms with van der Waals surface area (Å²) in [6.45, 7) is 4.29. The van der Waals surface area contributed by atoms with Gasteiger partial charge in [-0.2, -0.15) is 0 Å². The normalized spacial score (nSPS) is 14.7. The lowest BCUT2D eigenvalue weighted by Crippen LogP contribution is -2.15. The van der Waals surface area contributed by atoms with Crippen LogP contribution in [0.3, 0.4) is 0 Å². The predicted octanol–water partition coefficient (Wildman–Crippen LogP) is 3.52. The summed E-state index contributed by atoms with van der Waals surface area (Å²) in [5.41, 5.74) is 1.18. The molecule has 1 aromatic rings. The van der Waals surface area contributed by atoms with E-state index in [1.807, 2.05) is 12.1 Å². The fourth-order valence-electron chi connectivity index (χ4n) is 1.92. The molecule has 0 amide bonds. The number of aromatic nitrogens is 1. The smallest absolute Gasteiger partial charge is 0.0606 e. The first-order valence-electron chi connectivity index (χ1n) is 6.33. The second kappa shape index (κ2) is 7.39. The molecule has 0 saturated carbocycles. The van der Waals surface area contributed by atoms with E-state index < -0.39 is 0 Å². The van der Waals surface area contributed by atoms with Gasteiger partial charge in [0.2, 0.25) is 0 Å². The molecule has 0 spiro atoms. The number of rotatable bonds is 7. The second-order valence-corrected chi connectivity index (χ2v) is 4.49. The van der Waals surface area contributed by atoms with E-state index in [2.05, 4.69) is 18.8 Å². The first kappa shape index (κ1) is 13.2. The maximum atomic E-state index is 10.1. The van der Waals surface area contributed by atoms with Crippen molar-refractivity contribution in [1.82, 2.24) is 4.98 Å². The summed E-state index contributed by atoms with van der Waals surface area (Å²) in [5.74, 6) is 0.213. The number of aliphatic hydroxyl groups is 1. The van der Waals surface area contributed by atoms with Gasteiger partial charge in [-0.3, -0.25) is 4.98 Å². The van der Waals surface area contributed by atoms with Crippen LogP contribution in [0.4, 0.5) is 0 Å². The highest BCUT2D eigenvalue weighted by Gasteiger charge is 2.15. The van der Waals surface area contributed by atoms with Crippen LogP contribution in [0, 0.1) is 0 Å². The summed E-state index contributed by atoms with van der Waals surface area (Å²) in [4.78, 5) is 3.99. The van der Waals surface area contributed by atoms with Gasteiger partial charge in [0.25, 0.3) is 0 Å². The van der Waals surface area contributed by atoms with Crippen molar-refractivity contribution in [2.24, 2.45) is 0 Å². The van der Waals surface area contributed by atoms with Crippen LogP contribution in [-0.4, -0.2) is 16.2 Å². The quantitative estimate of drug-likeness (QED) is 0.715. The largest absolute Gasteiger partial charge is 0.393 e. The average Bonchev–Trinajstić information content (AvgIpc) is 2.34. The van der Waals surface area contributed by atoms with Gasteiger partial charge in [-0.25, -0.2) is 0 Å². The molecule has 2 nitrogen and oxygen atoms in total. The molecule has 0 aliphatic heterocycles. The zero-order valence-corrected chi connectivity index (χ0v) is 10.4. The first-order valence-corrected chi connectivity index (χ1v) is 6.33. The van der Waals surface area contributed by atoms with Crippen molar-refractivity contribution in [3.63, 3.8) is 0 Å². The van der Waals surface area contributed by atoms with Crippen LogP contribution >= 0.6 is 0 Å². The van der Waals surface area contributed by atoms with E-state index in [1.54, 1.807) is 12.4 Å². The fraction of sp³-hybridized carbons (Fsp3) is 0.643. The molecule has 1 heterocycles. The molecule has 16 heavy (non-hydrogen) atoms. The molecule has 0 aromatic carbocycles. The van der Waals surface area contributed by atoms with Crippen LogP contribution in [0.25, 0.3) is 0 Å². The molecule has 0 aliphatic rings. The molecule has 1 N–H and O–H groups in total. The summed E-state index contributed by atoms with van der Waals surface area (Å²) >= 11 is 0. The molecule has 0 fully saturated rings. The van der Waals surface area contributed by atoms with Crippen molar-refractivity contribution in [2.75, 3.05) is 0 Å². The Bertz CT molecular complexity index is 273. The lowest BCUT2D eigenvalue weighted by atomic mass is 9.93. The monoisotopic (exact) mass is 221 g/mol. The van der Waals surface area contributed by atoms with E-state index in [-0.39, 0.29) is 12.0 Å². The third kappa shape index (κ3) is 4.31. The minimum atomic E-state index is -0.223. The Kier molecular flexibility index (Phi) is 6.09. The lowest BCUT2D eigenvalue weighted by Gasteiger charge is -2.18. The van der Waals surface area contributed by atoms with Gasteiger partial charge in [-0.15, -0.1) is 0 Å². The number of unbranched alkanes of at least 4 members (excludes halogenated alkanes) is 3. The SMILES string of the molecule is CCCCCCC(O)C(C)c1ccncc1. The summed E-state index contributed by atoms with van der Waals surface area (Å²) in [5, 5.41) is 10.1. The minimum Gasteiger partial charge on any atom is -0.393 e. The van der Waals surface area contributed by atoms with Crippen LogP contribution < -0.4 is 0 Å². The molecule has 2 unspecified atom stereocenters. The van der Waals surface area contributed by atoms with Crippen molar-refractivity contribution in [2.45, 2.75) is 58.0 Å². The Morgan fingerprint density at radius 1 is 1.19 bits per heavy atom. The van der Waals surface area contributed by atoms with Crippen molar-refractivity contribution in [1.29, 1.82) is 0 Å². The highest BCUT2D eigenvalue weighted by Crippen LogP contribution is 2.22. The standard InChI is InChI=1S/C14H23NO/c1-3-4-5-6-7-14(16)12(2)13-8-10-15-11-9-13/h8-12,14,16H,3-7H2,1-2H3. The lowest BCUT2D eigenvalue weighted by molar-refractivity contribution is 0.136. The van der Waals surface area contributed by atoms with Crippen LogP contribution in [0.2, 0.25) is 0 Å². The number of pyridine rings is 1. The molecule has 0 radical (unpaired) electrons. The average molecular weight is 221 g/mol. The molecular formula is C14H23NO. The zero-order valence-electron chi connectivity index (χ0n) is 10.4. The van der Waals surface area contributed by atoms with E-state index in [9.17, 15) is 5.11 Å². The Morgan fingerprint density at radius 3 is 2.50 bits per heavy atom. The molecule has 1 rings (SSSR count). The summed E-state index contributed by atoms with van der Waals surface area (Å²) < 4.78 is 0. The van der Waals surface area contributed by atoms with Crippen LogP contribution in [0.15, 0.2) is 24.5 Å². The van der Waals surface area contributed by atoms with Crippen LogP contribution in [0.1, 0.15) is 57.4 Å². The molecule has 0 saturated heterocycles. The van der Waals surface area contributed by atoms with E-state index in [4.69, 9.17) is 0 Å². The summed E-state index contributed by atoms with van der Waals surface area (Å²) in [6, 6.07) is 3.97. The Hall–Kier alpha value is -0.890. The van der Waals surface area contributed by atoms with Crippen molar-refractivity contribution in [3.8, 4) is 0 Å². The van der Waals surface area contributed by atoms with Gasteiger partial charge in [0.15, 0.2) is 0 Å². The number of aliphatic hydroxyl groups excluding tert-OH is 1. The van der Waals surface area contributed by atoms with Gasteiger partial charge in [-0.1, -0.05) is 39.5 Å². The van der Waals surface area contributed by atoms with E-state index >= 15 is 0 Å².